The molecule has 0 aliphatic rings. The fourth-order valence-corrected chi connectivity index (χ4v) is 3.86. The Kier molecular flexibility index (Phi) is 6.27. The standard InChI is InChI=1S/C22H19ClFNO2S/c1-3-20(26)15-10-17(23)22(27)21(11-15)28-25-19-12-16(18(24)9-13(19)2)14-7-5-4-6-8-14/h4-12,25,27H,3H2,1-2H3. The lowest BCUT2D eigenvalue weighted by Crippen LogP contribution is -1.98. The molecule has 0 saturated carbocycles. The Morgan fingerprint density at radius 1 is 1.18 bits per heavy atom. The zero-order chi connectivity index (χ0) is 20.3. The Morgan fingerprint density at radius 2 is 1.89 bits per heavy atom. The number of aryl methyl sites for hydroxylation is 1. The van der Waals surface area contributed by atoms with E-state index >= 15 is 0 Å². The number of ketones is 1. The molecule has 3 aromatic carbocycles. The van der Waals surface area contributed by atoms with E-state index in [-0.39, 0.29) is 22.4 Å². The average Bonchev–Trinajstić information content (AvgIpc) is 2.70. The fourth-order valence-electron chi connectivity index (χ4n) is 2.75. The van der Waals surface area contributed by atoms with Crippen LogP contribution < -0.4 is 4.72 Å². The number of phenolic OH excluding ortho intramolecular Hbond substituents is 1. The highest BCUT2D eigenvalue weighted by atomic mass is 35.5. The topological polar surface area (TPSA) is 49.3 Å². The minimum absolute atomic E-state index is 0.0620. The summed E-state index contributed by atoms with van der Waals surface area (Å²) < 4.78 is 17.6. The van der Waals surface area contributed by atoms with Crippen molar-refractivity contribution in [2.24, 2.45) is 0 Å². The Balaban J connectivity index is 1.91. The van der Waals surface area contributed by atoms with Gasteiger partial charge in [0, 0.05) is 23.2 Å². The van der Waals surface area contributed by atoms with Gasteiger partial charge in [-0.1, -0.05) is 48.9 Å². The lowest BCUT2D eigenvalue weighted by Gasteiger charge is -2.14. The third-order valence-corrected chi connectivity index (χ3v) is 5.48. The molecule has 3 nitrogen and oxygen atoms in total. The number of anilines is 1. The molecule has 0 spiro atoms. The summed E-state index contributed by atoms with van der Waals surface area (Å²) in [5, 5.41) is 10.4. The molecule has 28 heavy (non-hydrogen) atoms. The number of aromatic hydroxyl groups is 1. The SMILES string of the molecule is CCC(=O)c1cc(Cl)c(O)c(SNc2cc(-c3ccccc3)c(F)cc2C)c1. The summed E-state index contributed by atoms with van der Waals surface area (Å²) in [5.74, 6) is -0.469. The number of hydrogen-bond acceptors (Lipinski definition) is 4. The van der Waals surface area contributed by atoms with Crippen molar-refractivity contribution in [1.82, 2.24) is 0 Å². The van der Waals surface area contributed by atoms with Gasteiger partial charge in [-0.25, -0.2) is 4.39 Å². The molecule has 0 unspecified atom stereocenters. The van der Waals surface area contributed by atoms with Crippen LogP contribution in [0.3, 0.4) is 0 Å². The van der Waals surface area contributed by atoms with E-state index < -0.39 is 0 Å². The van der Waals surface area contributed by atoms with Crippen molar-refractivity contribution in [3.8, 4) is 16.9 Å². The van der Waals surface area contributed by atoms with Gasteiger partial charge in [0.2, 0.25) is 0 Å². The van der Waals surface area contributed by atoms with Gasteiger partial charge >= 0.3 is 0 Å². The monoisotopic (exact) mass is 415 g/mol. The number of carbonyl (C=O) groups excluding carboxylic acids is 1. The van der Waals surface area contributed by atoms with Gasteiger partial charge in [0.05, 0.1) is 9.92 Å². The van der Waals surface area contributed by atoms with Gasteiger partial charge in [-0.3, -0.25) is 4.79 Å². The van der Waals surface area contributed by atoms with Crippen LogP contribution in [-0.4, -0.2) is 10.9 Å². The zero-order valence-corrected chi connectivity index (χ0v) is 17.0. The maximum absolute atomic E-state index is 14.4. The molecule has 0 heterocycles. The molecular formula is C22H19ClFNO2S. The van der Waals surface area contributed by atoms with Gasteiger partial charge in [-0.05, 0) is 54.3 Å². The van der Waals surface area contributed by atoms with Crippen molar-refractivity contribution < 1.29 is 14.3 Å². The van der Waals surface area contributed by atoms with E-state index in [1.807, 2.05) is 30.3 Å². The van der Waals surface area contributed by atoms with Crippen LogP contribution in [0.25, 0.3) is 11.1 Å². The van der Waals surface area contributed by atoms with E-state index in [9.17, 15) is 14.3 Å². The molecular weight excluding hydrogens is 397 g/mol. The number of rotatable bonds is 6. The third kappa shape index (κ3) is 4.32. The molecule has 0 aromatic heterocycles. The van der Waals surface area contributed by atoms with Gasteiger partial charge in [0.25, 0.3) is 0 Å². The minimum Gasteiger partial charge on any atom is -0.505 e. The molecule has 0 bridgehead atoms. The number of nitrogens with one attached hydrogen (secondary N) is 1. The smallest absolute Gasteiger partial charge is 0.162 e. The Morgan fingerprint density at radius 3 is 2.57 bits per heavy atom. The number of phenols is 1. The van der Waals surface area contributed by atoms with Crippen LogP contribution in [-0.2, 0) is 0 Å². The number of hydrogen-bond donors (Lipinski definition) is 2. The largest absolute Gasteiger partial charge is 0.505 e. The van der Waals surface area contributed by atoms with Crippen LogP contribution >= 0.6 is 23.5 Å². The summed E-state index contributed by atoms with van der Waals surface area (Å²) in [5.41, 5.74) is 3.11. The first kappa shape index (κ1) is 20.2. The Labute approximate surface area is 172 Å². The summed E-state index contributed by atoms with van der Waals surface area (Å²) in [6, 6.07) is 15.5. The normalized spacial score (nSPS) is 10.7. The summed E-state index contributed by atoms with van der Waals surface area (Å²) in [6.45, 7) is 3.56. The summed E-state index contributed by atoms with van der Waals surface area (Å²) >= 11 is 7.19. The van der Waals surface area contributed by atoms with Crippen molar-refractivity contribution in [2.75, 3.05) is 4.72 Å². The third-order valence-electron chi connectivity index (χ3n) is 4.34. The second kappa shape index (κ2) is 8.67. The fraction of sp³-hybridized carbons (Fsp3) is 0.136. The maximum atomic E-state index is 14.4. The number of benzene rings is 3. The van der Waals surface area contributed by atoms with Gasteiger partial charge < -0.3 is 9.83 Å². The second-order valence-electron chi connectivity index (χ2n) is 6.30. The molecule has 0 aliphatic heterocycles. The Hall–Kier alpha value is -2.50. The van der Waals surface area contributed by atoms with E-state index in [1.165, 1.54) is 12.1 Å². The van der Waals surface area contributed by atoms with Crippen LogP contribution in [0.1, 0.15) is 29.3 Å². The zero-order valence-electron chi connectivity index (χ0n) is 15.4. The van der Waals surface area contributed by atoms with Crippen LogP contribution in [0.15, 0.2) is 59.5 Å². The molecule has 6 heteroatoms. The van der Waals surface area contributed by atoms with E-state index in [1.54, 1.807) is 26.0 Å². The van der Waals surface area contributed by atoms with E-state index in [0.29, 0.717) is 28.1 Å². The molecule has 0 aliphatic carbocycles. The van der Waals surface area contributed by atoms with E-state index in [0.717, 1.165) is 23.1 Å². The number of Topliss-reactive ketones (excluding diaryl/α,β-unsaturated/α-hetero) is 1. The lowest BCUT2D eigenvalue weighted by molar-refractivity contribution is 0.0988. The molecule has 0 fully saturated rings. The predicted octanol–water partition coefficient (Wildman–Crippen LogP) is 6.87. The molecule has 0 amide bonds. The molecule has 0 radical (unpaired) electrons. The Bertz CT molecular complexity index is 1020. The first-order valence-electron chi connectivity index (χ1n) is 8.74. The highest BCUT2D eigenvalue weighted by molar-refractivity contribution is 8.00. The first-order valence-corrected chi connectivity index (χ1v) is 9.94. The summed E-state index contributed by atoms with van der Waals surface area (Å²) in [7, 11) is 0. The summed E-state index contributed by atoms with van der Waals surface area (Å²) in [6.07, 6.45) is 0.343. The van der Waals surface area contributed by atoms with Gasteiger partial charge in [-0.15, -0.1) is 0 Å². The lowest BCUT2D eigenvalue weighted by atomic mass is 10.0. The quantitative estimate of drug-likeness (QED) is 0.340. The average molecular weight is 416 g/mol. The number of halogens is 2. The van der Waals surface area contributed by atoms with Gasteiger partial charge in [-0.2, -0.15) is 0 Å². The molecule has 3 aromatic rings. The molecule has 3 rings (SSSR count). The minimum atomic E-state index is -0.305. The molecule has 144 valence electrons. The highest BCUT2D eigenvalue weighted by Crippen LogP contribution is 2.38. The second-order valence-corrected chi connectivity index (χ2v) is 7.55. The van der Waals surface area contributed by atoms with Crippen molar-refractivity contribution in [3.05, 3.63) is 76.6 Å². The first-order chi connectivity index (χ1) is 13.4. The van der Waals surface area contributed by atoms with Crippen molar-refractivity contribution >= 4 is 35.0 Å². The van der Waals surface area contributed by atoms with E-state index in [4.69, 9.17) is 11.6 Å². The van der Waals surface area contributed by atoms with Crippen LogP contribution in [0.2, 0.25) is 5.02 Å². The number of carbonyl (C=O) groups is 1. The van der Waals surface area contributed by atoms with E-state index in [2.05, 4.69) is 4.72 Å². The van der Waals surface area contributed by atoms with Crippen LogP contribution in [0.5, 0.6) is 5.75 Å². The van der Waals surface area contributed by atoms with Crippen molar-refractivity contribution in [1.29, 1.82) is 0 Å². The maximum Gasteiger partial charge on any atom is 0.162 e. The molecule has 0 saturated heterocycles. The molecule has 2 N–H and O–H groups in total. The van der Waals surface area contributed by atoms with Crippen LogP contribution in [0.4, 0.5) is 10.1 Å². The van der Waals surface area contributed by atoms with Gasteiger partial charge in [0.1, 0.15) is 11.6 Å². The van der Waals surface area contributed by atoms with Crippen molar-refractivity contribution in [3.63, 3.8) is 0 Å². The van der Waals surface area contributed by atoms with Gasteiger partial charge in [0.15, 0.2) is 5.78 Å². The van der Waals surface area contributed by atoms with Crippen LogP contribution in [0, 0.1) is 12.7 Å². The predicted molar refractivity (Wildman–Crippen MR) is 114 cm³/mol. The molecule has 0 atom stereocenters. The highest BCUT2D eigenvalue weighted by Gasteiger charge is 2.15. The summed E-state index contributed by atoms with van der Waals surface area (Å²) in [4.78, 5) is 12.4. The van der Waals surface area contributed by atoms with Crippen molar-refractivity contribution in [2.45, 2.75) is 25.2 Å².